The molecule has 1 N–H and O–H groups in total. The molecule has 19 heavy (non-hydrogen) atoms. The van der Waals surface area contributed by atoms with Crippen LogP contribution in [0, 0.1) is 0 Å². The Hall–Kier alpha value is -2.41. The Kier molecular flexibility index (Phi) is 2.88. The normalized spacial score (nSPS) is 16.9. The third kappa shape index (κ3) is 2.41. The van der Waals surface area contributed by atoms with Crippen molar-refractivity contribution in [3.05, 3.63) is 47.4 Å². The zero-order valence-corrected chi connectivity index (χ0v) is 10.4. The van der Waals surface area contributed by atoms with Crippen molar-refractivity contribution in [3.63, 3.8) is 0 Å². The van der Waals surface area contributed by atoms with Gasteiger partial charge in [0.05, 0.1) is 10.6 Å². The quantitative estimate of drug-likeness (QED) is 0.840. The summed E-state index contributed by atoms with van der Waals surface area (Å²) >= 11 is 0.866. The van der Waals surface area contributed by atoms with Crippen molar-refractivity contribution in [1.82, 2.24) is 19.9 Å². The van der Waals surface area contributed by atoms with E-state index in [1.54, 1.807) is 22.9 Å². The van der Waals surface area contributed by atoms with Crippen LogP contribution in [0.15, 0.2) is 41.7 Å². The van der Waals surface area contributed by atoms with Crippen LogP contribution in [0.4, 0.5) is 4.79 Å². The van der Waals surface area contributed by atoms with Gasteiger partial charge in [-0.05, 0) is 36.0 Å². The number of carbonyl (C=O) groups excluding carboxylic acids is 2. The van der Waals surface area contributed by atoms with Crippen molar-refractivity contribution < 1.29 is 9.59 Å². The lowest BCUT2D eigenvalue weighted by atomic mass is 10.3. The molecular weight excluding hydrogens is 264 g/mol. The lowest BCUT2D eigenvalue weighted by molar-refractivity contribution is -0.115. The molecular formula is C12H8N4O2S. The minimum Gasteiger partial charge on any atom is -0.293 e. The van der Waals surface area contributed by atoms with Crippen LogP contribution in [0.25, 0.3) is 12.0 Å². The van der Waals surface area contributed by atoms with E-state index in [1.165, 1.54) is 0 Å². The Balaban J connectivity index is 1.94. The van der Waals surface area contributed by atoms with Crippen LogP contribution in [0.1, 0.15) is 5.69 Å². The number of nitrogens with zero attached hydrogens (tertiary/aromatic N) is 3. The zero-order valence-electron chi connectivity index (χ0n) is 9.61. The van der Waals surface area contributed by atoms with Gasteiger partial charge in [-0.15, -0.1) is 0 Å². The van der Waals surface area contributed by atoms with Crippen LogP contribution in [0.2, 0.25) is 0 Å². The maximum Gasteiger partial charge on any atom is 0.290 e. The second kappa shape index (κ2) is 4.69. The SMILES string of the molecule is O=C1NC(=O)C(=Cc2ccnc(-n3cccc3)n2)S1. The molecule has 0 aromatic carbocycles. The number of thioether (sulfide) groups is 1. The number of aromatic nitrogens is 3. The van der Waals surface area contributed by atoms with E-state index in [4.69, 9.17) is 0 Å². The Morgan fingerprint density at radius 2 is 2.05 bits per heavy atom. The average molecular weight is 272 g/mol. The van der Waals surface area contributed by atoms with Gasteiger partial charge in [-0.25, -0.2) is 9.97 Å². The third-order valence-corrected chi connectivity index (χ3v) is 3.23. The molecule has 0 atom stereocenters. The van der Waals surface area contributed by atoms with Crippen LogP contribution < -0.4 is 5.32 Å². The van der Waals surface area contributed by atoms with Crippen molar-refractivity contribution in [1.29, 1.82) is 0 Å². The maximum atomic E-state index is 11.4. The smallest absolute Gasteiger partial charge is 0.290 e. The molecule has 1 aliphatic heterocycles. The summed E-state index contributed by atoms with van der Waals surface area (Å²) < 4.78 is 1.76. The molecule has 3 rings (SSSR count). The van der Waals surface area contributed by atoms with Gasteiger partial charge < -0.3 is 0 Å². The molecule has 2 aromatic rings. The molecule has 2 amide bonds. The number of rotatable bonds is 2. The van der Waals surface area contributed by atoms with Gasteiger partial charge in [-0.2, -0.15) is 0 Å². The Bertz CT molecular complexity index is 679. The predicted octanol–water partition coefficient (Wildman–Crippen LogP) is 1.59. The summed E-state index contributed by atoms with van der Waals surface area (Å²) in [5.74, 6) is 0.116. The van der Waals surface area contributed by atoms with Crippen LogP contribution >= 0.6 is 11.8 Å². The Morgan fingerprint density at radius 1 is 1.26 bits per heavy atom. The van der Waals surface area contributed by atoms with E-state index in [-0.39, 0.29) is 5.24 Å². The fraction of sp³-hybridized carbons (Fsp3) is 0. The number of imide groups is 1. The average Bonchev–Trinajstić information content (AvgIpc) is 3.01. The first-order valence-electron chi connectivity index (χ1n) is 5.43. The van der Waals surface area contributed by atoms with E-state index < -0.39 is 5.91 Å². The van der Waals surface area contributed by atoms with Crippen molar-refractivity contribution in [3.8, 4) is 5.95 Å². The zero-order chi connectivity index (χ0) is 13.2. The number of nitrogens with one attached hydrogen (secondary N) is 1. The standard InChI is InChI=1S/C12H8N4O2S/c17-10-9(19-12(18)15-10)7-8-3-4-13-11(14-8)16-5-1-2-6-16/h1-7H,(H,15,17,18). The molecule has 0 unspecified atom stereocenters. The van der Waals surface area contributed by atoms with E-state index in [1.807, 2.05) is 24.5 Å². The summed E-state index contributed by atoms with van der Waals surface area (Å²) in [6.07, 6.45) is 6.83. The van der Waals surface area contributed by atoms with E-state index in [2.05, 4.69) is 15.3 Å². The second-order valence-electron chi connectivity index (χ2n) is 3.72. The fourth-order valence-electron chi connectivity index (χ4n) is 1.59. The molecule has 3 heterocycles. The monoisotopic (exact) mass is 272 g/mol. The number of amides is 2. The topological polar surface area (TPSA) is 76.9 Å². The van der Waals surface area contributed by atoms with Gasteiger partial charge in [0.15, 0.2) is 0 Å². The summed E-state index contributed by atoms with van der Waals surface area (Å²) in [4.78, 5) is 31.3. The summed E-state index contributed by atoms with van der Waals surface area (Å²) in [6, 6.07) is 5.41. The minimum absolute atomic E-state index is 0.335. The first-order chi connectivity index (χ1) is 9.22. The lowest BCUT2D eigenvalue weighted by Crippen LogP contribution is -2.17. The highest BCUT2D eigenvalue weighted by molar-refractivity contribution is 8.18. The molecule has 0 saturated carbocycles. The third-order valence-electron chi connectivity index (χ3n) is 2.42. The molecule has 0 spiro atoms. The van der Waals surface area contributed by atoms with E-state index in [9.17, 15) is 9.59 Å². The van der Waals surface area contributed by atoms with Gasteiger partial charge in [-0.3, -0.25) is 19.5 Å². The van der Waals surface area contributed by atoms with Gasteiger partial charge in [0.1, 0.15) is 0 Å². The van der Waals surface area contributed by atoms with Gasteiger partial charge in [0.25, 0.3) is 11.1 Å². The first kappa shape index (κ1) is 11.7. The summed E-state index contributed by atoms with van der Waals surface area (Å²) in [5.41, 5.74) is 0.575. The van der Waals surface area contributed by atoms with Gasteiger partial charge in [0.2, 0.25) is 5.95 Å². The highest BCUT2D eigenvalue weighted by Gasteiger charge is 2.25. The summed E-state index contributed by atoms with van der Waals surface area (Å²) in [5, 5.41) is 1.83. The first-order valence-corrected chi connectivity index (χ1v) is 6.25. The molecule has 0 bridgehead atoms. The summed E-state index contributed by atoms with van der Waals surface area (Å²) in [7, 11) is 0. The van der Waals surface area contributed by atoms with E-state index in [0.717, 1.165) is 11.8 Å². The van der Waals surface area contributed by atoms with Crippen LogP contribution in [-0.4, -0.2) is 25.7 Å². The van der Waals surface area contributed by atoms with Crippen molar-refractivity contribution in [2.45, 2.75) is 0 Å². The van der Waals surface area contributed by atoms with Crippen molar-refractivity contribution >= 4 is 29.0 Å². The predicted molar refractivity (Wildman–Crippen MR) is 70.5 cm³/mol. The fourth-order valence-corrected chi connectivity index (χ4v) is 2.26. The van der Waals surface area contributed by atoms with Crippen LogP contribution in [-0.2, 0) is 4.79 Å². The molecule has 1 aliphatic rings. The molecule has 94 valence electrons. The number of hydrogen-bond donors (Lipinski definition) is 1. The van der Waals surface area contributed by atoms with Gasteiger partial charge in [-0.1, -0.05) is 0 Å². The van der Waals surface area contributed by atoms with Gasteiger partial charge >= 0.3 is 0 Å². The molecule has 0 radical (unpaired) electrons. The number of carbonyl (C=O) groups is 2. The highest BCUT2D eigenvalue weighted by Crippen LogP contribution is 2.24. The van der Waals surface area contributed by atoms with E-state index >= 15 is 0 Å². The molecule has 2 aromatic heterocycles. The molecule has 1 saturated heterocycles. The Morgan fingerprint density at radius 3 is 2.74 bits per heavy atom. The lowest BCUT2D eigenvalue weighted by Gasteiger charge is -2.01. The maximum absolute atomic E-state index is 11.4. The van der Waals surface area contributed by atoms with E-state index in [0.29, 0.717) is 16.5 Å². The molecule has 7 heteroatoms. The largest absolute Gasteiger partial charge is 0.293 e. The Labute approximate surface area is 112 Å². The minimum atomic E-state index is -0.392. The summed E-state index contributed by atoms with van der Waals surface area (Å²) in [6.45, 7) is 0. The van der Waals surface area contributed by atoms with Crippen LogP contribution in [0.5, 0.6) is 0 Å². The molecule has 0 aliphatic carbocycles. The second-order valence-corrected chi connectivity index (χ2v) is 4.74. The van der Waals surface area contributed by atoms with Crippen molar-refractivity contribution in [2.75, 3.05) is 0 Å². The van der Waals surface area contributed by atoms with Crippen LogP contribution in [0.3, 0.4) is 0 Å². The molecule has 6 nitrogen and oxygen atoms in total. The van der Waals surface area contributed by atoms with Gasteiger partial charge in [0, 0.05) is 18.6 Å². The van der Waals surface area contributed by atoms with Crippen molar-refractivity contribution in [2.24, 2.45) is 0 Å². The number of hydrogen-bond acceptors (Lipinski definition) is 5. The molecule has 1 fully saturated rings. The highest BCUT2D eigenvalue weighted by atomic mass is 32.2.